The zero-order valence-electron chi connectivity index (χ0n) is 19.3. The Hall–Kier alpha value is -3.24. The average molecular weight is 442 g/mol. The Bertz CT molecular complexity index is 998. The van der Waals surface area contributed by atoms with Crippen LogP contribution in [-0.4, -0.2) is 29.9 Å². The predicted molar refractivity (Wildman–Crippen MR) is 131 cm³/mol. The van der Waals surface area contributed by atoms with Crippen LogP contribution in [0.4, 0.5) is 0 Å². The maximum atomic E-state index is 13.5. The molecule has 1 fully saturated rings. The Balaban J connectivity index is 1.70. The third kappa shape index (κ3) is 6.17. The van der Waals surface area contributed by atoms with Gasteiger partial charge in [0.05, 0.1) is 17.9 Å². The van der Waals surface area contributed by atoms with Gasteiger partial charge in [-0.25, -0.2) is 4.79 Å². The van der Waals surface area contributed by atoms with Crippen molar-refractivity contribution in [1.82, 2.24) is 0 Å². The number of esters is 1. The summed E-state index contributed by atoms with van der Waals surface area (Å²) in [4.78, 5) is 18.6. The quantitative estimate of drug-likeness (QED) is 0.342. The molecule has 170 valence electrons. The highest BCUT2D eigenvalue weighted by molar-refractivity contribution is 6.13. The van der Waals surface area contributed by atoms with E-state index in [2.05, 4.69) is 13.8 Å². The van der Waals surface area contributed by atoms with E-state index in [1.54, 1.807) is 0 Å². The highest BCUT2D eigenvalue weighted by Gasteiger charge is 2.36. The van der Waals surface area contributed by atoms with Gasteiger partial charge in [-0.2, -0.15) is 0 Å². The minimum atomic E-state index is -0.599. The number of nitrogens with zero attached hydrogens (tertiary/aromatic N) is 1. The van der Waals surface area contributed by atoms with Gasteiger partial charge < -0.3 is 9.47 Å². The van der Waals surface area contributed by atoms with Gasteiger partial charge in [0, 0.05) is 11.1 Å². The molecule has 4 nitrogen and oxygen atoms in total. The molecule has 0 aromatic heterocycles. The van der Waals surface area contributed by atoms with Crippen LogP contribution >= 0.6 is 0 Å². The highest BCUT2D eigenvalue weighted by Crippen LogP contribution is 2.30. The summed E-state index contributed by atoms with van der Waals surface area (Å²) in [7, 11) is 0. The second kappa shape index (κ2) is 11.1. The maximum absolute atomic E-state index is 13.5. The molecule has 4 heteroatoms. The van der Waals surface area contributed by atoms with Gasteiger partial charge in [0.25, 0.3) is 0 Å². The maximum Gasteiger partial charge on any atom is 0.331 e. The van der Waals surface area contributed by atoms with E-state index in [4.69, 9.17) is 14.5 Å². The lowest BCUT2D eigenvalue weighted by Crippen LogP contribution is -2.39. The van der Waals surface area contributed by atoms with Crippen molar-refractivity contribution in [3.8, 4) is 0 Å². The molecule has 1 aliphatic heterocycles. The van der Waals surface area contributed by atoms with E-state index < -0.39 is 6.04 Å². The fourth-order valence-electron chi connectivity index (χ4n) is 4.53. The Morgan fingerprint density at radius 3 is 1.85 bits per heavy atom. The topological polar surface area (TPSA) is 47.9 Å². The average Bonchev–Trinajstić information content (AvgIpc) is 2.84. The number of carbonyl (C=O) groups is 1. The molecule has 0 spiro atoms. The van der Waals surface area contributed by atoms with Gasteiger partial charge in [-0.15, -0.1) is 0 Å². The summed E-state index contributed by atoms with van der Waals surface area (Å²) >= 11 is 0. The van der Waals surface area contributed by atoms with Gasteiger partial charge in [-0.1, -0.05) is 91.0 Å². The fraction of sp³-hybridized carbons (Fsp3) is 0.310. The van der Waals surface area contributed by atoms with Crippen molar-refractivity contribution in [2.75, 3.05) is 0 Å². The zero-order valence-corrected chi connectivity index (χ0v) is 19.3. The summed E-state index contributed by atoms with van der Waals surface area (Å²) in [6.07, 6.45) is 1.71. The van der Waals surface area contributed by atoms with Crippen LogP contribution in [0.2, 0.25) is 0 Å². The van der Waals surface area contributed by atoms with Crippen LogP contribution in [0.15, 0.2) is 96.0 Å². The number of carbonyl (C=O) groups excluding carboxylic acids is 1. The van der Waals surface area contributed by atoms with E-state index in [0.717, 1.165) is 35.2 Å². The molecular formula is C29H31NO3. The monoisotopic (exact) mass is 441 g/mol. The Morgan fingerprint density at radius 1 is 0.848 bits per heavy atom. The van der Waals surface area contributed by atoms with Crippen LogP contribution in [0.25, 0.3) is 0 Å². The molecule has 4 atom stereocenters. The fourth-order valence-corrected chi connectivity index (χ4v) is 4.53. The van der Waals surface area contributed by atoms with E-state index in [0.29, 0.717) is 0 Å². The van der Waals surface area contributed by atoms with Gasteiger partial charge in [0.15, 0.2) is 6.04 Å². The number of aliphatic imine (C=N–C) groups is 1. The van der Waals surface area contributed by atoms with Gasteiger partial charge in [-0.05, 0) is 38.2 Å². The van der Waals surface area contributed by atoms with Crippen LogP contribution in [0.3, 0.4) is 0 Å². The Labute approximate surface area is 196 Å². The van der Waals surface area contributed by atoms with Crippen LogP contribution in [0.5, 0.6) is 0 Å². The van der Waals surface area contributed by atoms with E-state index >= 15 is 0 Å². The van der Waals surface area contributed by atoms with Crippen LogP contribution < -0.4 is 0 Å². The smallest absolute Gasteiger partial charge is 0.331 e. The lowest BCUT2D eigenvalue weighted by Gasteiger charge is -2.34. The molecule has 1 saturated heterocycles. The molecule has 4 rings (SSSR count). The second-order valence-corrected chi connectivity index (χ2v) is 8.74. The third-order valence-electron chi connectivity index (χ3n) is 6.01. The predicted octanol–water partition coefficient (Wildman–Crippen LogP) is 5.84. The van der Waals surface area contributed by atoms with Crippen molar-refractivity contribution in [1.29, 1.82) is 0 Å². The Kier molecular flexibility index (Phi) is 7.69. The molecule has 1 unspecified atom stereocenters. The van der Waals surface area contributed by atoms with Gasteiger partial charge in [0.2, 0.25) is 0 Å². The second-order valence-electron chi connectivity index (χ2n) is 8.74. The lowest BCUT2D eigenvalue weighted by molar-refractivity contribution is -0.150. The zero-order chi connectivity index (χ0) is 23.0. The van der Waals surface area contributed by atoms with Crippen molar-refractivity contribution < 1.29 is 14.3 Å². The molecule has 33 heavy (non-hydrogen) atoms. The first kappa shape index (κ1) is 22.9. The van der Waals surface area contributed by atoms with Gasteiger partial charge in [0.1, 0.15) is 6.61 Å². The largest absolute Gasteiger partial charge is 0.459 e. The van der Waals surface area contributed by atoms with E-state index in [-0.39, 0.29) is 30.7 Å². The molecule has 1 aliphatic rings. The molecule has 0 N–H and O–H groups in total. The van der Waals surface area contributed by atoms with Crippen molar-refractivity contribution in [3.63, 3.8) is 0 Å². The molecule has 0 bridgehead atoms. The first-order chi connectivity index (χ1) is 16.1. The number of benzene rings is 3. The van der Waals surface area contributed by atoms with E-state index in [1.807, 2.05) is 91.0 Å². The normalized spacial score (nSPS) is 21.1. The van der Waals surface area contributed by atoms with Crippen LogP contribution in [0, 0.1) is 5.92 Å². The molecule has 0 radical (unpaired) electrons. The van der Waals surface area contributed by atoms with Crippen molar-refractivity contribution in [2.45, 2.75) is 51.5 Å². The van der Waals surface area contributed by atoms with E-state index in [1.165, 1.54) is 0 Å². The third-order valence-corrected chi connectivity index (χ3v) is 6.01. The summed E-state index contributed by atoms with van der Waals surface area (Å²) in [5, 5.41) is 0. The molecule has 3 aromatic carbocycles. The molecule has 1 heterocycles. The number of ether oxygens (including phenoxy) is 2. The number of rotatable bonds is 7. The summed E-state index contributed by atoms with van der Waals surface area (Å²) in [6, 6.07) is 29.3. The minimum absolute atomic E-state index is 0.0504. The van der Waals surface area contributed by atoms with Gasteiger partial charge in [-0.3, -0.25) is 4.99 Å². The minimum Gasteiger partial charge on any atom is -0.459 e. The van der Waals surface area contributed by atoms with Crippen molar-refractivity contribution in [2.24, 2.45) is 10.9 Å². The molecule has 0 aliphatic carbocycles. The molecule has 3 aromatic rings. The molecule has 0 amide bonds. The van der Waals surface area contributed by atoms with Crippen molar-refractivity contribution >= 4 is 11.7 Å². The SMILES string of the molecule is C[C@@H]1C[C@H](C(N=C(c2ccccc2)c2ccccc2)C(=O)OCc2ccccc2)C[C@H](C)O1. The Morgan fingerprint density at radius 2 is 1.33 bits per heavy atom. The lowest BCUT2D eigenvalue weighted by atomic mass is 9.86. The van der Waals surface area contributed by atoms with Gasteiger partial charge >= 0.3 is 5.97 Å². The highest BCUT2D eigenvalue weighted by atomic mass is 16.5. The van der Waals surface area contributed by atoms with E-state index in [9.17, 15) is 4.79 Å². The number of hydrogen-bond donors (Lipinski definition) is 0. The molecule has 0 saturated carbocycles. The summed E-state index contributed by atoms with van der Waals surface area (Å²) in [6.45, 7) is 4.37. The van der Waals surface area contributed by atoms with Crippen molar-refractivity contribution in [3.05, 3.63) is 108 Å². The standard InChI is InChI=1S/C29H31NO3/c1-21-18-26(19-22(2)33-21)28(29(31)32-20-23-12-6-3-7-13-23)30-27(24-14-8-4-9-15-24)25-16-10-5-11-17-25/h3-17,21-22,26,28H,18-20H2,1-2H3/t21-,22+,26+,28?. The first-order valence-corrected chi connectivity index (χ1v) is 11.6. The summed E-state index contributed by atoms with van der Waals surface area (Å²) in [5.41, 5.74) is 3.74. The first-order valence-electron chi connectivity index (χ1n) is 11.6. The molecular weight excluding hydrogens is 410 g/mol. The number of hydrogen-bond acceptors (Lipinski definition) is 4. The summed E-state index contributed by atoms with van der Waals surface area (Å²) < 4.78 is 11.7. The summed E-state index contributed by atoms with van der Waals surface area (Å²) in [5.74, 6) is -0.232. The van der Waals surface area contributed by atoms with Crippen LogP contribution in [-0.2, 0) is 20.9 Å². The van der Waals surface area contributed by atoms with Crippen LogP contribution in [0.1, 0.15) is 43.4 Å².